The van der Waals surface area contributed by atoms with Crippen LogP contribution in [0.15, 0.2) is 24.3 Å². The van der Waals surface area contributed by atoms with Crippen LogP contribution < -0.4 is 10.6 Å². The fraction of sp³-hybridized carbons (Fsp3) is 0.500. The van der Waals surface area contributed by atoms with Crippen molar-refractivity contribution in [2.24, 2.45) is 0 Å². The summed E-state index contributed by atoms with van der Waals surface area (Å²) in [5, 5.41) is 15.3. The zero-order valence-electron chi connectivity index (χ0n) is 11.5. The quantitative estimate of drug-likeness (QED) is 0.785. The SMILES string of the molecule is CC(C)(C)NC(=O)NCCC(O)c1ccc(F)cc1. The van der Waals surface area contributed by atoms with E-state index in [2.05, 4.69) is 10.6 Å². The number of aliphatic hydroxyl groups is 1. The van der Waals surface area contributed by atoms with Crippen LogP contribution in [0.3, 0.4) is 0 Å². The molecule has 19 heavy (non-hydrogen) atoms. The van der Waals surface area contributed by atoms with Crippen LogP contribution in [0.4, 0.5) is 9.18 Å². The molecule has 0 aliphatic heterocycles. The van der Waals surface area contributed by atoms with E-state index < -0.39 is 6.10 Å². The first-order chi connectivity index (χ1) is 8.78. The Hall–Kier alpha value is -1.62. The molecule has 1 atom stereocenters. The highest BCUT2D eigenvalue weighted by atomic mass is 19.1. The molecule has 0 aliphatic carbocycles. The van der Waals surface area contributed by atoms with Gasteiger partial charge in [0.25, 0.3) is 0 Å². The number of urea groups is 1. The second kappa shape index (κ2) is 6.52. The van der Waals surface area contributed by atoms with Crippen LogP contribution in [0.5, 0.6) is 0 Å². The standard InChI is InChI=1S/C14H21FN2O2/c1-14(2,3)17-13(19)16-9-8-12(18)10-4-6-11(15)7-5-10/h4-7,12,18H,8-9H2,1-3H3,(H2,16,17,19). The minimum absolute atomic E-state index is 0.265. The van der Waals surface area contributed by atoms with E-state index in [9.17, 15) is 14.3 Å². The third-order valence-electron chi connectivity index (χ3n) is 2.45. The molecule has 2 amide bonds. The first-order valence-corrected chi connectivity index (χ1v) is 6.27. The van der Waals surface area contributed by atoms with Gasteiger partial charge in [-0.25, -0.2) is 9.18 Å². The van der Waals surface area contributed by atoms with E-state index >= 15 is 0 Å². The van der Waals surface area contributed by atoms with Crippen LogP contribution in [0.1, 0.15) is 38.9 Å². The number of benzene rings is 1. The zero-order valence-corrected chi connectivity index (χ0v) is 11.5. The summed E-state index contributed by atoms with van der Waals surface area (Å²) in [6, 6.07) is 5.42. The van der Waals surface area contributed by atoms with E-state index in [1.807, 2.05) is 20.8 Å². The molecule has 0 fully saturated rings. The van der Waals surface area contributed by atoms with Gasteiger partial charge in [0, 0.05) is 12.1 Å². The van der Waals surface area contributed by atoms with E-state index in [1.54, 1.807) is 0 Å². The Morgan fingerprint density at radius 3 is 2.42 bits per heavy atom. The molecule has 4 nitrogen and oxygen atoms in total. The smallest absolute Gasteiger partial charge is 0.315 e. The van der Waals surface area contributed by atoms with Gasteiger partial charge < -0.3 is 15.7 Å². The molecular weight excluding hydrogens is 247 g/mol. The molecule has 106 valence electrons. The highest BCUT2D eigenvalue weighted by Gasteiger charge is 2.13. The maximum atomic E-state index is 12.7. The lowest BCUT2D eigenvalue weighted by Crippen LogP contribution is -2.46. The molecule has 1 rings (SSSR count). The Morgan fingerprint density at radius 1 is 1.32 bits per heavy atom. The monoisotopic (exact) mass is 268 g/mol. The third-order valence-corrected chi connectivity index (χ3v) is 2.45. The average molecular weight is 268 g/mol. The predicted molar refractivity (Wildman–Crippen MR) is 72.3 cm³/mol. The van der Waals surface area contributed by atoms with E-state index in [1.165, 1.54) is 24.3 Å². The minimum atomic E-state index is -0.712. The van der Waals surface area contributed by atoms with E-state index in [-0.39, 0.29) is 17.4 Å². The number of nitrogens with one attached hydrogen (secondary N) is 2. The van der Waals surface area contributed by atoms with Gasteiger partial charge in [-0.2, -0.15) is 0 Å². The van der Waals surface area contributed by atoms with Crippen molar-refractivity contribution in [3.63, 3.8) is 0 Å². The summed E-state index contributed by atoms with van der Waals surface area (Å²) < 4.78 is 12.7. The molecule has 0 saturated carbocycles. The van der Waals surface area contributed by atoms with Crippen LogP contribution >= 0.6 is 0 Å². The van der Waals surface area contributed by atoms with Crippen molar-refractivity contribution in [2.45, 2.75) is 38.8 Å². The fourth-order valence-electron chi connectivity index (χ4n) is 1.56. The van der Waals surface area contributed by atoms with Crippen molar-refractivity contribution >= 4 is 6.03 Å². The molecular formula is C14H21FN2O2. The number of rotatable bonds is 4. The van der Waals surface area contributed by atoms with E-state index in [0.29, 0.717) is 18.5 Å². The number of hydrogen-bond acceptors (Lipinski definition) is 2. The van der Waals surface area contributed by atoms with E-state index in [4.69, 9.17) is 0 Å². The fourth-order valence-corrected chi connectivity index (χ4v) is 1.56. The number of carbonyl (C=O) groups excluding carboxylic acids is 1. The Bertz CT molecular complexity index is 412. The second-order valence-corrected chi connectivity index (χ2v) is 5.49. The molecule has 0 saturated heterocycles. The first kappa shape index (κ1) is 15.4. The number of carbonyl (C=O) groups is 1. The summed E-state index contributed by atoms with van der Waals surface area (Å²) in [5.41, 5.74) is 0.346. The van der Waals surface area contributed by atoms with E-state index in [0.717, 1.165) is 0 Å². The summed E-state index contributed by atoms with van der Waals surface area (Å²) in [7, 11) is 0. The number of amides is 2. The van der Waals surface area contributed by atoms with Gasteiger partial charge in [-0.15, -0.1) is 0 Å². The summed E-state index contributed by atoms with van der Waals surface area (Å²) in [6.07, 6.45) is -0.334. The molecule has 0 aromatic heterocycles. The van der Waals surface area contributed by atoms with Gasteiger partial charge in [-0.3, -0.25) is 0 Å². The number of halogens is 1. The summed E-state index contributed by atoms with van der Waals surface area (Å²) >= 11 is 0. The van der Waals surface area contributed by atoms with Gasteiger partial charge >= 0.3 is 6.03 Å². The van der Waals surface area contributed by atoms with Crippen LogP contribution in [0, 0.1) is 5.82 Å². The van der Waals surface area contributed by atoms with Gasteiger partial charge in [0.2, 0.25) is 0 Å². The van der Waals surface area contributed by atoms with Gasteiger partial charge in [-0.05, 0) is 44.9 Å². The Morgan fingerprint density at radius 2 is 1.89 bits per heavy atom. The molecule has 0 heterocycles. The highest BCUT2D eigenvalue weighted by molar-refractivity contribution is 5.74. The molecule has 0 spiro atoms. The molecule has 1 aromatic carbocycles. The van der Waals surface area contributed by atoms with Crippen molar-refractivity contribution in [2.75, 3.05) is 6.54 Å². The first-order valence-electron chi connectivity index (χ1n) is 6.27. The Kier molecular flexibility index (Phi) is 5.30. The van der Waals surface area contributed by atoms with Crippen LogP contribution in [0.2, 0.25) is 0 Å². The molecule has 1 unspecified atom stereocenters. The molecule has 3 N–H and O–H groups in total. The van der Waals surface area contributed by atoms with Crippen LogP contribution in [-0.2, 0) is 0 Å². The summed E-state index contributed by atoms with van der Waals surface area (Å²) in [6.45, 7) is 6.01. The van der Waals surface area contributed by atoms with Gasteiger partial charge in [0.05, 0.1) is 6.10 Å². The zero-order chi connectivity index (χ0) is 14.5. The normalized spacial score (nSPS) is 12.9. The molecule has 0 radical (unpaired) electrons. The van der Waals surface area contributed by atoms with Gasteiger partial charge in [0.15, 0.2) is 0 Å². The minimum Gasteiger partial charge on any atom is -0.388 e. The second-order valence-electron chi connectivity index (χ2n) is 5.49. The third kappa shape index (κ3) is 6.20. The van der Waals surface area contributed by atoms with Crippen molar-refractivity contribution in [3.05, 3.63) is 35.6 Å². The van der Waals surface area contributed by atoms with Crippen LogP contribution in [-0.4, -0.2) is 23.2 Å². The lowest BCUT2D eigenvalue weighted by Gasteiger charge is -2.21. The lowest BCUT2D eigenvalue weighted by molar-refractivity contribution is 0.166. The van der Waals surface area contributed by atoms with Crippen LogP contribution in [0.25, 0.3) is 0 Å². The number of aliphatic hydroxyl groups excluding tert-OH is 1. The Labute approximate surface area is 113 Å². The summed E-state index contributed by atoms with van der Waals surface area (Å²) in [4.78, 5) is 11.5. The lowest BCUT2D eigenvalue weighted by atomic mass is 10.1. The largest absolute Gasteiger partial charge is 0.388 e. The molecule has 5 heteroatoms. The summed E-state index contributed by atoms with van der Waals surface area (Å²) in [5.74, 6) is -0.335. The maximum absolute atomic E-state index is 12.7. The molecule has 0 aliphatic rings. The molecule has 1 aromatic rings. The van der Waals surface area contributed by atoms with Crippen molar-refractivity contribution in [1.29, 1.82) is 0 Å². The Balaban J connectivity index is 2.33. The average Bonchev–Trinajstić information content (AvgIpc) is 2.27. The number of hydrogen-bond donors (Lipinski definition) is 3. The predicted octanol–water partition coefficient (Wildman–Crippen LogP) is 2.35. The topological polar surface area (TPSA) is 61.4 Å². The highest BCUT2D eigenvalue weighted by Crippen LogP contribution is 2.16. The van der Waals surface area contributed by atoms with Crippen molar-refractivity contribution in [1.82, 2.24) is 10.6 Å². The van der Waals surface area contributed by atoms with Gasteiger partial charge in [0.1, 0.15) is 5.82 Å². The van der Waals surface area contributed by atoms with Crippen molar-refractivity contribution in [3.8, 4) is 0 Å². The maximum Gasteiger partial charge on any atom is 0.315 e. The molecule has 0 bridgehead atoms. The van der Waals surface area contributed by atoms with Crippen molar-refractivity contribution < 1.29 is 14.3 Å². The van der Waals surface area contributed by atoms with Gasteiger partial charge in [-0.1, -0.05) is 12.1 Å².